The Labute approximate surface area is 76.2 Å². The molecule has 1 aliphatic carbocycles. The van der Waals surface area contributed by atoms with Crippen LogP contribution < -0.4 is 0 Å². The fourth-order valence-corrected chi connectivity index (χ4v) is 2.82. The van der Waals surface area contributed by atoms with E-state index < -0.39 is 0 Å². The Balaban J connectivity index is 2.69. The molecule has 3 atom stereocenters. The fraction of sp³-hybridized carbons (Fsp3) is 1.00. The van der Waals surface area contributed by atoms with Crippen molar-refractivity contribution in [3.8, 4) is 0 Å². The molecule has 1 unspecified atom stereocenters. The molecular weight excluding hydrogens is 148 g/mol. The van der Waals surface area contributed by atoms with Crippen LogP contribution in [0.4, 0.5) is 0 Å². The van der Waals surface area contributed by atoms with Crippen LogP contribution in [0.2, 0.25) is 0 Å². The van der Waals surface area contributed by atoms with Gasteiger partial charge in [-0.05, 0) is 23.7 Å². The summed E-state index contributed by atoms with van der Waals surface area (Å²) in [5, 5.41) is 9.87. The van der Waals surface area contributed by atoms with E-state index in [0.717, 1.165) is 6.42 Å². The van der Waals surface area contributed by atoms with Gasteiger partial charge in [0.15, 0.2) is 0 Å². The van der Waals surface area contributed by atoms with Crippen LogP contribution in [0.1, 0.15) is 47.0 Å². The summed E-state index contributed by atoms with van der Waals surface area (Å²) in [5.74, 6) is 1.18. The summed E-state index contributed by atoms with van der Waals surface area (Å²) in [7, 11) is 0. The molecule has 1 saturated carbocycles. The lowest BCUT2D eigenvalue weighted by molar-refractivity contribution is -0.0218. The molecule has 0 bridgehead atoms. The van der Waals surface area contributed by atoms with Crippen molar-refractivity contribution in [1.82, 2.24) is 0 Å². The van der Waals surface area contributed by atoms with Gasteiger partial charge in [0.1, 0.15) is 0 Å². The van der Waals surface area contributed by atoms with Gasteiger partial charge in [-0.1, -0.05) is 40.5 Å². The second kappa shape index (κ2) is 3.37. The maximum absolute atomic E-state index is 9.87. The predicted molar refractivity (Wildman–Crippen MR) is 52.0 cm³/mol. The molecule has 0 aromatic rings. The molecule has 0 aromatic carbocycles. The van der Waals surface area contributed by atoms with Gasteiger partial charge >= 0.3 is 0 Å². The first-order valence-corrected chi connectivity index (χ1v) is 5.11. The zero-order valence-electron chi connectivity index (χ0n) is 8.80. The van der Waals surface area contributed by atoms with Crippen molar-refractivity contribution in [3.63, 3.8) is 0 Å². The monoisotopic (exact) mass is 170 g/mol. The molecule has 1 rings (SSSR count). The highest BCUT2D eigenvalue weighted by Crippen LogP contribution is 2.41. The molecule has 1 N–H and O–H groups in total. The molecule has 0 saturated heterocycles. The normalized spacial score (nSPS) is 38.2. The zero-order valence-corrected chi connectivity index (χ0v) is 8.80. The Hall–Kier alpha value is -0.0400. The first kappa shape index (κ1) is 10.0. The average molecular weight is 170 g/mol. The van der Waals surface area contributed by atoms with Crippen molar-refractivity contribution in [2.75, 3.05) is 0 Å². The summed E-state index contributed by atoms with van der Waals surface area (Å²) in [6.07, 6.45) is 3.44. The van der Waals surface area contributed by atoms with Gasteiger partial charge in [0.25, 0.3) is 0 Å². The van der Waals surface area contributed by atoms with Gasteiger partial charge in [0.2, 0.25) is 0 Å². The lowest BCUT2D eigenvalue weighted by Crippen LogP contribution is -2.39. The molecule has 0 radical (unpaired) electrons. The molecule has 1 nitrogen and oxygen atoms in total. The van der Waals surface area contributed by atoms with E-state index in [1.54, 1.807) is 0 Å². The highest BCUT2D eigenvalue weighted by Gasteiger charge is 2.37. The van der Waals surface area contributed by atoms with Crippen LogP contribution in [-0.4, -0.2) is 11.2 Å². The molecule has 12 heavy (non-hydrogen) atoms. The molecule has 1 fully saturated rings. The van der Waals surface area contributed by atoms with Crippen molar-refractivity contribution in [2.24, 2.45) is 17.3 Å². The highest BCUT2D eigenvalue weighted by atomic mass is 16.3. The smallest absolute Gasteiger partial charge is 0.0575 e. The first-order valence-electron chi connectivity index (χ1n) is 5.11. The fourth-order valence-electron chi connectivity index (χ4n) is 2.82. The number of aliphatic hydroxyl groups is 1. The van der Waals surface area contributed by atoms with Crippen molar-refractivity contribution >= 4 is 0 Å². The molecule has 72 valence electrons. The Kier molecular flexibility index (Phi) is 2.82. The van der Waals surface area contributed by atoms with Crippen LogP contribution in [0.25, 0.3) is 0 Å². The Morgan fingerprint density at radius 3 is 2.08 bits per heavy atom. The molecule has 0 aromatic heterocycles. The molecule has 0 heterocycles. The Bertz CT molecular complexity index is 136. The predicted octanol–water partition coefficient (Wildman–Crippen LogP) is 2.83. The average Bonchev–Trinajstić information content (AvgIpc) is 1.82. The first-order chi connectivity index (χ1) is 5.43. The van der Waals surface area contributed by atoms with Gasteiger partial charge in [0.05, 0.1) is 6.10 Å². The molecule has 1 heteroatoms. The number of rotatable bonds is 0. The third-order valence-corrected chi connectivity index (χ3v) is 3.19. The lowest BCUT2D eigenvalue weighted by Gasteiger charge is -2.42. The zero-order chi connectivity index (χ0) is 9.35. The van der Waals surface area contributed by atoms with E-state index in [1.807, 2.05) is 0 Å². The van der Waals surface area contributed by atoms with E-state index in [0.29, 0.717) is 11.8 Å². The molecule has 0 amide bonds. The minimum atomic E-state index is -0.0613. The van der Waals surface area contributed by atoms with Gasteiger partial charge in [-0.3, -0.25) is 0 Å². The third kappa shape index (κ3) is 2.01. The number of aliphatic hydroxyl groups excluding tert-OH is 1. The van der Waals surface area contributed by atoms with E-state index in [1.165, 1.54) is 12.8 Å². The third-order valence-electron chi connectivity index (χ3n) is 3.19. The van der Waals surface area contributed by atoms with Crippen LogP contribution in [0.5, 0.6) is 0 Å². The number of hydrogen-bond acceptors (Lipinski definition) is 1. The van der Waals surface area contributed by atoms with Gasteiger partial charge < -0.3 is 5.11 Å². The number of hydrogen-bond donors (Lipinski definition) is 1. The summed E-state index contributed by atoms with van der Waals surface area (Å²) < 4.78 is 0. The maximum Gasteiger partial charge on any atom is 0.0575 e. The lowest BCUT2D eigenvalue weighted by atomic mass is 9.66. The standard InChI is InChI=1S/C11H22O/c1-8-6-5-7-9(12)10(8)11(2,3)4/h8-10,12H,5-7H2,1-4H3/t8?,9-,10+/m1/s1. The maximum atomic E-state index is 9.87. The van der Waals surface area contributed by atoms with E-state index in [2.05, 4.69) is 27.7 Å². The largest absolute Gasteiger partial charge is 0.393 e. The van der Waals surface area contributed by atoms with Crippen molar-refractivity contribution < 1.29 is 5.11 Å². The van der Waals surface area contributed by atoms with E-state index in [9.17, 15) is 5.11 Å². The van der Waals surface area contributed by atoms with Gasteiger partial charge in [-0.2, -0.15) is 0 Å². The summed E-state index contributed by atoms with van der Waals surface area (Å²) in [6.45, 7) is 8.99. The summed E-state index contributed by atoms with van der Waals surface area (Å²) in [6, 6.07) is 0. The molecule has 0 spiro atoms. The highest BCUT2D eigenvalue weighted by molar-refractivity contribution is 4.87. The van der Waals surface area contributed by atoms with Gasteiger partial charge in [0, 0.05) is 0 Å². The Morgan fingerprint density at radius 2 is 1.75 bits per heavy atom. The van der Waals surface area contributed by atoms with E-state index >= 15 is 0 Å². The molecule has 1 aliphatic rings. The molecule has 0 aliphatic heterocycles. The van der Waals surface area contributed by atoms with Crippen molar-refractivity contribution in [1.29, 1.82) is 0 Å². The van der Waals surface area contributed by atoms with Crippen molar-refractivity contribution in [2.45, 2.75) is 53.1 Å². The molecular formula is C11H22O. The summed E-state index contributed by atoms with van der Waals surface area (Å²) >= 11 is 0. The quantitative estimate of drug-likeness (QED) is 0.592. The van der Waals surface area contributed by atoms with E-state index in [4.69, 9.17) is 0 Å². The van der Waals surface area contributed by atoms with Crippen LogP contribution in [0.15, 0.2) is 0 Å². The van der Waals surface area contributed by atoms with Crippen molar-refractivity contribution in [3.05, 3.63) is 0 Å². The van der Waals surface area contributed by atoms with Crippen LogP contribution >= 0.6 is 0 Å². The second-order valence-corrected chi connectivity index (χ2v) is 5.37. The topological polar surface area (TPSA) is 20.2 Å². The van der Waals surface area contributed by atoms with Gasteiger partial charge in [-0.25, -0.2) is 0 Å². The summed E-state index contributed by atoms with van der Waals surface area (Å²) in [4.78, 5) is 0. The van der Waals surface area contributed by atoms with Crippen LogP contribution in [-0.2, 0) is 0 Å². The SMILES string of the molecule is CC1CCC[C@@H](O)[C@H]1C(C)(C)C. The Morgan fingerprint density at radius 1 is 1.17 bits per heavy atom. The van der Waals surface area contributed by atoms with Gasteiger partial charge in [-0.15, -0.1) is 0 Å². The van der Waals surface area contributed by atoms with Crippen LogP contribution in [0, 0.1) is 17.3 Å². The minimum absolute atomic E-state index is 0.0613. The minimum Gasteiger partial charge on any atom is -0.393 e. The summed E-state index contributed by atoms with van der Waals surface area (Å²) in [5.41, 5.74) is 0.263. The van der Waals surface area contributed by atoms with E-state index in [-0.39, 0.29) is 11.5 Å². The van der Waals surface area contributed by atoms with Crippen LogP contribution in [0.3, 0.4) is 0 Å². The second-order valence-electron chi connectivity index (χ2n) is 5.37.